The van der Waals surface area contributed by atoms with E-state index in [-0.39, 0.29) is 6.04 Å². The zero-order valence-corrected chi connectivity index (χ0v) is 13.1. The van der Waals surface area contributed by atoms with Crippen molar-refractivity contribution in [2.75, 3.05) is 6.61 Å². The Balaban J connectivity index is 2.61. The van der Waals surface area contributed by atoms with Gasteiger partial charge in [0, 0.05) is 6.04 Å². The molecule has 0 saturated carbocycles. The molecule has 0 aliphatic heterocycles. The molecule has 0 radical (unpaired) electrons. The first-order chi connectivity index (χ1) is 11.1. The molecule has 0 spiro atoms. The van der Waals surface area contributed by atoms with Crippen LogP contribution in [0.4, 0.5) is 18.0 Å². The van der Waals surface area contributed by atoms with E-state index in [1.807, 2.05) is 12.2 Å². The minimum atomic E-state index is -4.73. The Morgan fingerprint density at radius 1 is 1.21 bits per heavy atom. The third-order valence-corrected chi connectivity index (χ3v) is 3.03. The van der Waals surface area contributed by atoms with Crippen LogP contribution in [-0.4, -0.2) is 30.6 Å². The Hall–Kier alpha value is -2.58. The standard InChI is InChI=1S/C15H17F3N2O4/c1-3-9(2)19-14(23)20-12(21)8-24-13(22)10-6-4-5-7-11(10)15(16,17)18/h4-7,9H,3,8H2,1-2H3,(H2,19,20,21,23)/t9-/m1/s1. The number of amides is 3. The summed E-state index contributed by atoms with van der Waals surface area (Å²) in [4.78, 5) is 34.6. The highest BCUT2D eigenvalue weighted by Gasteiger charge is 2.35. The largest absolute Gasteiger partial charge is 0.452 e. The molecule has 0 bridgehead atoms. The molecule has 0 saturated heterocycles. The van der Waals surface area contributed by atoms with E-state index in [0.717, 1.165) is 18.2 Å². The molecule has 0 aliphatic carbocycles. The highest BCUT2D eigenvalue weighted by Crippen LogP contribution is 2.32. The Labute approximate surface area is 136 Å². The average molecular weight is 346 g/mol. The van der Waals surface area contributed by atoms with E-state index >= 15 is 0 Å². The number of rotatable bonds is 5. The lowest BCUT2D eigenvalue weighted by atomic mass is 10.1. The molecule has 0 fully saturated rings. The summed E-state index contributed by atoms with van der Waals surface area (Å²) in [5.74, 6) is -2.26. The second-order valence-electron chi connectivity index (χ2n) is 4.95. The summed E-state index contributed by atoms with van der Waals surface area (Å²) in [5, 5.41) is 4.36. The van der Waals surface area contributed by atoms with Crippen LogP contribution in [-0.2, 0) is 15.7 Å². The van der Waals surface area contributed by atoms with Crippen LogP contribution in [0.2, 0.25) is 0 Å². The van der Waals surface area contributed by atoms with Crippen LogP contribution in [0.25, 0.3) is 0 Å². The highest BCUT2D eigenvalue weighted by molar-refractivity contribution is 5.97. The van der Waals surface area contributed by atoms with Gasteiger partial charge >= 0.3 is 18.2 Å². The number of ether oxygens (including phenoxy) is 1. The monoisotopic (exact) mass is 346 g/mol. The van der Waals surface area contributed by atoms with E-state index in [1.54, 1.807) is 6.92 Å². The minimum absolute atomic E-state index is 0.168. The van der Waals surface area contributed by atoms with E-state index in [1.165, 1.54) is 6.07 Å². The fourth-order valence-electron chi connectivity index (χ4n) is 1.64. The van der Waals surface area contributed by atoms with E-state index < -0.39 is 41.8 Å². The number of imide groups is 1. The molecule has 0 aromatic heterocycles. The lowest BCUT2D eigenvalue weighted by Crippen LogP contribution is -2.44. The lowest BCUT2D eigenvalue weighted by molar-refractivity contribution is -0.138. The zero-order valence-electron chi connectivity index (χ0n) is 13.1. The van der Waals surface area contributed by atoms with E-state index in [0.29, 0.717) is 6.42 Å². The van der Waals surface area contributed by atoms with Crippen molar-refractivity contribution in [1.29, 1.82) is 0 Å². The number of carbonyl (C=O) groups excluding carboxylic acids is 3. The van der Waals surface area contributed by atoms with Crippen molar-refractivity contribution in [2.24, 2.45) is 0 Å². The molecule has 0 aliphatic rings. The predicted octanol–water partition coefficient (Wildman–Crippen LogP) is 2.49. The Bertz CT molecular complexity index is 617. The molecule has 0 heterocycles. The van der Waals surface area contributed by atoms with Crippen molar-refractivity contribution in [1.82, 2.24) is 10.6 Å². The molecule has 6 nitrogen and oxygen atoms in total. The molecule has 2 N–H and O–H groups in total. The van der Waals surface area contributed by atoms with Crippen molar-refractivity contribution >= 4 is 17.9 Å². The Morgan fingerprint density at radius 2 is 1.83 bits per heavy atom. The second-order valence-corrected chi connectivity index (χ2v) is 4.95. The van der Waals surface area contributed by atoms with Gasteiger partial charge < -0.3 is 10.1 Å². The summed E-state index contributed by atoms with van der Waals surface area (Å²) in [6.45, 7) is 2.67. The van der Waals surface area contributed by atoms with Crippen LogP contribution in [0.1, 0.15) is 36.2 Å². The van der Waals surface area contributed by atoms with Gasteiger partial charge in [0.25, 0.3) is 5.91 Å². The van der Waals surface area contributed by atoms with Gasteiger partial charge in [0.2, 0.25) is 0 Å². The Kier molecular flexibility index (Phi) is 6.75. The van der Waals surface area contributed by atoms with Gasteiger partial charge in [-0.15, -0.1) is 0 Å². The van der Waals surface area contributed by atoms with Gasteiger partial charge in [-0.1, -0.05) is 19.1 Å². The SMILES string of the molecule is CC[C@@H](C)NC(=O)NC(=O)COC(=O)c1ccccc1C(F)(F)F. The van der Waals surface area contributed by atoms with Crippen LogP contribution >= 0.6 is 0 Å². The van der Waals surface area contributed by atoms with Gasteiger partial charge in [-0.3, -0.25) is 10.1 Å². The number of hydrogen-bond acceptors (Lipinski definition) is 4. The summed E-state index contributed by atoms with van der Waals surface area (Å²) in [6, 6.07) is 3.10. The van der Waals surface area contributed by atoms with Gasteiger partial charge in [0.05, 0.1) is 11.1 Å². The maximum absolute atomic E-state index is 12.8. The van der Waals surface area contributed by atoms with Crippen LogP contribution in [0, 0.1) is 0 Å². The van der Waals surface area contributed by atoms with E-state index in [9.17, 15) is 27.6 Å². The van der Waals surface area contributed by atoms with Gasteiger partial charge in [0.15, 0.2) is 6.61 Å². The summed E-state index contributed by atoms with van der Waals surface area (Å²) in [7, 11) is 0. The average Bonchev–Trinajstić information content (AvgIpc) is 2.51. The summed E-state index contributed by atoms with van der Waals surface area (Å²) >= 11 is 0. The highest BCUT2D eigenvalue weighted by atomic mass is 19.4. The summed E-state index contributed by atoms with van der Waals surface area (Å²) < 4.78 is 42.9. The summed E-state index contributed by atoms with van der Waals surface area (Å²) in [6.07, 6.45) is -4.08. The van der Waals surface area contributed by atoms with Gasteiger partial charge in [-0.05, 0) is 25.5 Å². The quantitative estimate of drug-likeness (QED) is 0.802. The van der Waals surface area contributed by atoms with Crippen molar-refractivity contribution in [3.63, 3.8) is 0 Å². The van der Waals surface area contributed by atoms with Crippen LogP contribution in [0.3, 0.4) is 0 Å². The third-order valence-electron chi connectivity index (χ3n) is 3.03. The van der Waals surface area contributed by atoms with Crippen molar-refractivity contribution in [3.8, 4) is 0 Å². The maximum atomic E-state index is 12.8. The van der Waals surface area contributed by atoms with Gasteiger partial charge in [-0.25, -0.2) is 9.59 Å². The van der Waals surface area contributed by atoms with Crippen LogP contribution in [0.15, 0.2) is 24.3 Å². The normalized spacial score (nSPS) is 12.2. The topological polar surface area (TPSA) is 84.5 Å². The molecule has 9 heteroatoms. The smallest absolute Gasteiger partial charge is 0.417 e. The lowest BCUT2D eigenvalue weighted by Gasteiger charge is -2.13. The minimum Gasteiger partial charge on any atom is -0.452 e. The number of nitrogens with one attached hydrogen (secondary N) is 2. The fraction of sp³-hybridized carbons (Fsp3) is 0.400. The van der Waals surface area contributed by atoms with E-state index in [2.05, 4.69) is 10.1 Å². The number of benzene rings is 1. The molecule has 1 aromatic rings. The van der Waals surface area contributed by atoms with Crippen LogP contribution in [0.5, 0.6) is 0 Å². The number of carbonyl (C=O) groups is 3. The summed E-state index contributed by atoms with van der Waals surface area (Å²) in [5.41, 5.74) is -1.87. The van der Waals surface area contributed by atoms with Crippen molar-refractivity contribution in [2.45, 2.75) is 32.5 Å². The first kappa shape index (κ1) is 19.5. The molecular formula is C15H17F3N2O4. The zero-order chi connectivity index (χ0) is 18.3. The number of halogens is 3. The number of urea groups is 1. The van der Waals surface area contributed by atoms with Crippen LogP contribution < -0.4 is 10.6 Å². The molecule has 3 amide bonds. The first-order valence-electron chi connectivity index (χ1n) is 7.08. The Morgan fingerprint density at radius 3 is 2.42 bits per heavy atom. The first-order valence-corrected chi connectivity index (χ1v) is 7.08. The molecule has 132 valence electrons. The molecule has 1 aromatic carbocycles. The second kappa shape index (κ2) is 8.32. The molecule has 0 unspecified atom stereocenters. The van der Waals surface area contributed by atoms with Gasteiger partial charge in [0.1, 0.15) is 0 Å². The van der Waals surface area contributed by atoms with E-state index in [4.69, 9.17) is 0 Å². The number of esters is 1. The fourth-order valence-corrected chi connectivity index (χ4v) is 1.64. The third kappa shape index (κ3) is 5.90. The predicted molar refractivity (Wildman–Crippen MR) is 78.2 cm³/mol. The number of hydrogen-bond donors (Lipinski definition) is 2. The van der Waals surface area contributed by atoms with Gasteiger partial charge in [-0.2, -0.15) is 13.2 Å². The number of alkyl halides is 3. The molecule has 1 atom stereocenters. The molecule has 24 heavy (non-hydrogen) atoms. The van der Waals surface area contributed by atoms with Crippen molar-refractivity contribution < 1.29 is 32.3 Å². The maximum Gasteiger partial charge on any atom is 0.417 e. The van der Waals surface area contributed by atoms with Crippen molar-refractivity contribution in [3.05, 3.63) is 35.4 Å². The molecule has 1 rings (SSSR count). The molecular weight excluding hydrogens is 329 g/mol.